The summed E-state index contributed by atoms with van der Waals surface area (Å²) >= 11 is 0. The molecule has 0 aromatic carbocycles. The first-order valence-corrected chi connectivity index (χ1v) is 10.8. The van der Waals surface area contributed by atoms with Gasteiger partial charge in [-0.2, -0.15) is 0 Å². The molecule has 0 radical (unpaired) electrons. The molecular formula is C22H37NO2. The fourth-order valence-corrected chi connectivity index (χ4v) is 7.92. The number of carbonyl (C=O) groups is 1. The molecule has 0 saturated heterocycles. The maximum atomic E-state index is 12.2. The van der Waals surface area contributed by atoms with Crippen LogP contribution in [0.2, 0.25) is 0 Å². The van der Waals surface area contributed by atoms with Crippen molar-refractivity contribution >= 4 is 5.91 Å². The monoisotopic (exact) mass is 347 g/mol. The quantitative estimate of drug-likeness (QED) is 0.744. The van der Waals surface area contributed by atoms with Gasteiger partial charge < -0.3 is 10.8 Å². The van der Waals surface area contributed by atoms with Crippen molar-refractivity contribution in [1.82, 2.24) is 0 Å². The Balaban J connectivity index is 1.59. The fraction of sp³-hybridized carbons (Fsp3) is 0.955. The van der Waals surface area contributed by atoms with E-state index in [0.717, 1.165) is 42.9 Å². The van der Waals surface area contributed by atoms with Crippen LogP contribution in [-0.2, 0) is 4.79 Å². The van der Waals surface area contributed by atoms with Crippen LogP contribution in [0.4, 0.5) is 0 Å². The molecule has 25 heavy (non-hydrogen) atoms. The summed E-state index contributed by atoms with van der Waals surface area (Å²) in [5, 5.41) is 10.5. The van der Waals surface area contributed by atoms with Gasteiger partial charge in [-0.1, -0.05) is 19.8 Å². The van der Waals surface area contributed by atoms with Gasteiger partial charge in [0.15, 0.2) is 0 Å². The van der Waals surface area contributed by atoms with Crippen molar-refractivity contribution in [2.45, 2.75) is 90.1 Å². The molecule has 3 N–H and O–H groups in total. The van der Waals surface area contributed by atoms with E-state index in [9.17, 15) is 9.90 Å². The molecule has 4 fully saturated rings. The number of hydrogen-bond donors (Lipinski definition) is 2. The SMILES string of the molecule is C[C@@]1(O)CC[C@H]2[C@H](CC[C@@H]3[C@@H]2CC[C@]2(C)C(C(N)=O)CCCC[C@@H]32)C1. The third kappa shape index (κ3) is 2.95. The average Bonchev–Trinajstić information content (AvgIpc) is 2.72. The largest absolute Gasteiger partial charge is 0.390 e. The van der Waals surface area contributed by atoms with Gasteiger partial charge in [0, 0.05) is 5.92 Å². The molecule has 3 nitrogen and oxygen atoms in total. The lowest BCUT2D eigenvalue weighted by molar-refractivity contribution is -0.138. The molecule has 4 aliphatic rings. The van der Waals surface area contributed by atoms with E-state index in [-0.39, 0.29) is 17.2 Å². The Bertz CT molecular complexity index is 530. The van der Waals surface area contributed by atoms with E-state index in [2.05, 4.69) is 6.92 Å². The summed E-state index contributed by atoms with van der Waals surface area (Å²) in [6.07, 6.45) is 13.0. The number of carbonyl (C=O) groups excluding carboxylic acids is 1. The van der Waals surface area contributed by atoms with Gasteiger partial charge in [-0.25, -0.2) is 0 Å². The highest BCUT2D eigenvalue weighted by Crippen LogP contribution is 2.62. The minimum atomic E-state index is -0.434. The molecule has 0 heterocycles. The number of amides is 1. The predicted octanol–water partition coefficient (Wildman–Crippen LogP) is 4.27. The van der Waals surface area contributed by atoms with E-state index in [1.54, 1.807) is 0 Å². The van der Waals surface area contributed by atoms with E-state index in [1.807, 2.05) is 6.92 Å². The first-order valence-electron chi connectivity index (χ1n) is 10.8. The zero-order valence-corrected chi connectivity index (χ0v) is 16.2. The third-order valence-electron chi connectivity index (χ3n) is 9.07. The minimum absolute atomic E-state index is 0.0461. The van der Waals surface area contributed by atoms with Crippen LogP contribution in [0, 0.1) is 40.9 Å². The summed E-state index contributed by atoms with van der Waals surface area (Å²) in [6.45, 7) is 4.43. The van der Waals surface area contributed by atoms with Gasteiger partial charge in [0.25, 0.3) is 0 Å². The Morgan fingerprint density at radius 1 is 0.920 bits per heavy atom. The lowest BCUT2D eigenvalue weighted by Gasteiger charge is -2.58. The van der Waals surface area contributed by atoms with E-state index >= 15 is 0 Å². The van der Waals surface area contributed by atoms with E-state index < -0.39 is 5.60 Å². The van der Waals surface area contributed by atoms with Crippen LogP contribution in [0.1, 0.15) is 84.5 Å². The predicted molar refractivity (Wildman–Crippen MR) is 99.7 cm³/mol. The topological polar surface area (TPSA) is 63.3 Å². The van der Waals surface area contributed by atoms with Crippen LogP contribution in [0.3, 0.4) is 0 Å². The standard InChI is InChI=1S/C22H37NO2/c1-21(25)11-9-15-14(13-21)7-8-17-16(15)10-12-22(2)18(17)5-3-4-6-19(22)20(23)24/h14-19,25H,3-13H2,1-2H3,(H2,23,24)/t14-,15+,16-,17-,18+,19?,21-,22+/m1/s1. The molecule has 1 amide bonds. The molecule has 4 aliphatic carbocycles. The van der Waals surface area contributed by atoms with Gasteiger partial charge in [0.2, 0.25) is 5.91 Å². The molecule has 0 aliphatic heterocycles. The van der Waals surface area contributed by atoms with Gasteiger partial charge in [-0.15, -0.1) is 0 Å². The number of primary amides is 1. The first kappa shape index (κ1) is 17.8. The summed E-state index contributed by atoms with van der Waals surface area (Å²) in [4.78, 5) is 12.2. The van der Waals surface area contributed by atoms with Crippen molar-refractivity contribution in [1.29, 1.82) is 0 Å². The average molecular weight is 348 g/mol. The second-order valence-corrected chi connectivity index (χ2v) is 10.5. The lowest BCUT2D eigenvalue weighted by atomic mass is 9.47. The van der Waals surface area contributed by atoms with Crippen LogP contribution in [0.5, 0.6) is 0 Å². The molecule has 3 heteroatoms. The number of aliphatic hydroxyl groups is 1. The summed E-state index contributed by atoms with van der Waals surface area (Å²) in [5.74, 6) is 3.91. The highest BCUT2D eigenvalue weighted by molar-refractivity contribution is 5.77. The zero-order chi connectivity index (χ0) is 17.8. The minimum Gasteiger partial charge on any atom is -0.390 e. The molecule has 8 atom stereocenters. The van der Waals surface area contributed by atoms with Gasteiger partial charge in [-0.3, -0.25) is 4.79 Å². The van der Waals surface area contributed by atoms with Crippen LogP contribution in [0.25, 0.3) is 0 Å². The molecule has 0 spiro atoms. The summed E-state index contributed by atoms with van der Waals surface area (Å²) in [6, 6.07) is 0. The smallest absolute Gasteiger partial charge is 0.221 e. The van der Waals surface area contributed by atoms with Crippen molar-refractivity contribution in [2.75, 3.05) is 0 Å². The molecule has 4 rings (SSSR count). The van der Waals surface area contributed by atoms with Crippen LogP contribution < -0.4 is 5.73 Å². The number of hydrogen-bond acceptors (Lipinski definition) is 2. The Morgan fingerprint density at radius 2 is 1.64 bits per heavy atom. The number of rotatable bonds is 1. The van der Waals surface area contributed by atoms with Gasteiger partial charge in [0.05, 0.1) is 5.60 Å². The second-order valence-electron chi connectivity index (χ2n) is 10.5. The maximum absolute atomic E-state index is 12.2. The van der Waals surface area contributed by atoms with Crippen molar-refractivity contribution in [3.63, 3.8) is 0 Å². The van der Waals surface area contributed by atoms with E-state index in [1.165, 1.54) is 51.4 Å². The van der Waals surface area contributed by atoms with Crippen LogP contribution >= 0.6 is 0 Å². The number of fused-ring (bicyclic) bond motifs is 5. The Hall–Kier alpha value is -0.570. The molecule has 0 aromatic rings. The highest BCUT2D eigenvalue weighted by atomic mass is 16.3. The first-order chi connectivity index (χ1) is 11.8. The Morgan fingerprint density at radius 3 is 2.40 bits per heavy atom. The van der Waals surface area contributed by atoms with E-state index in [0.29, 0.717) is 5.92 Å². The van der Waals surface area contributed by atoms with Crippen molar-refractivity contribution in [3.05, 3.63) is 0 Å². The normalized spacial score (nSPS) is 53.1. The Kier molecular flexibility index (Phi) is 4.46. The highest BCUT2D eigenvalue weighted by Gasteiger charge is 2.56. The summed E-state index contributed by atoms with van der Waals surface area (Å²) in [7, 11) is 0. The fourth-order valence-electron chi connectivity index (χ4n) is 7.92. The van der Waals surface area contributed by atoms with Gasteiger partial charge in [0.1, 0.15) is 0 Å². The van der Waals surface area contributed by atoms with Crippen LogP contribution in [0.15, 0.2) is 0 Å². The maximum Gasteiger partial charge on any atom is 0.221 e. The zero-order valence-electron chi connectivity index (χ0n) is 16.2. The van der Waals surface area contributed by atoms with Crippen molar-refractivity contribution in [3.8, 4) is 0 Å². The molecule has 142 valence electrons. The van der Waals surface area contributed by atoms with Gasteiger partial charge >= 0.3 is 0 Å². The number of nitrogens with two attached hydrogens (primary N) is 1. The van der Waals surface area contributed by atoms with Crippen molar-refractivity contribution < 1.29 is 9.90 Å². The third-order valence-corrected chi connectivity index (χ3v) is 9.07. The van der Waals surface area contributed by atoms with Crippen molar-refractivity contribution in [2.24, 2.45) is 46.7 Å². The lowest BCUT2D eigenvalue weighted by Crippen LogP contribution is -2.53. The Labute approximate surface area is 153 Å². The van der Waals surface area contributed by atoms with Crippen LogP contribution in [-0.4, -0.2) is 16.6 Å². The molecule has 1 unspecified atom stereocenters. The van der Waals surface area contributed by atoms with E-state index in [4.69, 9.17) is 5.73 Å². The summed E-state index contributed by atoms with van der Waals surface area (Å²) < 4.78 is 0. The molecule has 4 saturated carbocycles. The second kappa shape index (κ2) is 6.25. The summed E-state index contributed by atoms with van der Waals surface area (Å²) in [5.41, 5.74) is 5.57. The molecular weight excluding hydrogens is 310 g/mol. The molecule has 0 aromatic heterocycles. The molecule has 0 bridgehead atoms. The van der Waals surface area contributed by atoms with Gasteiger partial charge in [-0.05, 0) is 99.7 Å².